The van der Waals surface area contributed by atoms with Crippen LogP contribution in [0.15, 0.2) is 54.6 Å². The second kappa shape index (κ2) is 5.41. The van der Waals surface area contributed by atoms with E-state index in [2.05, 4.69) is 36.4 Å². The molecule has 1 unspecified atom stereocenters. The first-order valence-electron chi connectivity index (χ1n) is 7.12. The summed E-state index contributed by atoms with van der Waals surface area (Å²) in [5, 5.41) is 0. The van der Waals surface area contributed by atoms with Crippen LogP contribution >= 0.6 is 0 Å². The lowest BCUT2D eigenvalue weighted by Gasteiger charge is -2.13. The number of nitrogens with two attached hydrogens (primary N) is 2. The molecule has 1 aliphatic carbocycles. The second-order valence-corrected chi connectivity index (χ2v) is 5.49. The Kier molecular flexibility index (Phi) is 3.46. The molecule has 0 bridgehead atoms. The SMILES string of the molecule is Nc1ccc(Cc2ccc(N)c(C3C=CCC3)c2)cc1. The van der Waals surface area contributed by atoms with Crippen molar-refractivity contribution >= 4 is 11.4 Å². The van der Waals surface area contributed by atoms with Crippen LogP contribution in [0.25, 0.3) is 0 Å². The smallest absolute Gasteiger partial charge is 0.0352 e. The zero-order valence-electron chi connectivity index (χ0n) is 11.5. The number of benzene rings is 2. The third kappa shape index (κ3) is 2.69. The van der Waals surface area contributed by atoms with Crippen LogP contribution in [0.2, 0.25) is 0 Å². The van der Waals surface area contributed by atoms with Gasteiger partial charge in [-0.05, 0) is 54.2 Å². The quantitative estimate of drug-likeness (QED) is 0.653. The molecular weight excluding hydrogens is 244 g/mol. The molecule has 2 heteroatoms. The van der Waals surface area contributed by atoms with Gasteiger partial charge in [0.2, 0.25) is 0 Å². The van der Waals surface area contributed by atoms with Gasteiger partial charge in [0.15, 0.2) is 0 Å². The summed E-state index contributed by atoms with van der Waals surface area (Å²) in [4.78, 5) is 0. The van der Waals surface area contributed by atoms with Crippen LogP contribution in [0.3, 0.4) is 0 Å². The summed E-state index contributed by atoms with van der Waals surface area (Å²) in [5.74, 6) is 0.487. The molecule has 0 heterocycles. The minimum Gasteiger partial charge on any atom is -0.399 e. The predicted octanol–water partition coefficient (Wildman–Crippen LogP) is 3.88. The number of hydrogen-bond donors (Lipinski definition) is 2. The first-order chi connectivity index (χ1) is 9.72. The summed E-state index contributed by atoms with van der Waals surface area (Å²) in [6.45, 7) is 0. The summed E-state index contributed by atoms with van der Waals surface area (Å²) in [7, 11) is 0. The molecule has 2 nitrogen and oxygen atoms in total. The van der Waals surface area contributed by atoms with Gasteiger partial charge in [0.25, 0.3) is 0 Å². The molecule has 0 radical (unpaired) electrons. The largest absolute Gasteiger partial charge is 0.399 e. The molecule has 0 saturated carbocycles. The van der Waals surface area contributed by atoms with Crippen LogP contribution in [0.5, 0.6) is 0 Å². The van der Waals surface area contributed by atoms with E-state index in [0.717, 1.165) is 24.2 Å². The number of rotatable bonds is 3. The van der Waals surface area contributed by atoms with E-state index in [9.17, 15) is 0 Å². The van der Waals surface area contributed by atoms with Crippen molar-refractivity contribution in [3.8, 4) is 0 Å². The second-order valence-electron chi connectivity index (χ2n) is 5.49. The lowest BCUT2D eigenvalue weighted by molar-refractivity contribution is 0.801. The molecule has 0 spiro atoms. The number of hydrogen-bond acceptors (Lipinski definition) is 2. The standard InChI is InChI=1S/C18H20N2/c19-16-8-5-13(6-9-16)11-14-7-10-18(20)17(12-14)15-3-1-2-4-15/h1,3,5-10,12,15H,2,4,11,19-20H2. The third-order valence-electron chi connectivity index (χ3n) is 3.95. The van der Waals surface area contributed by atoms with Gasteiger partial charge >= 0.3 is 0 Å². The van der Waals surface area contributed by atoms with E-state index >= 15 is 0 Å². The van der Waals surface area contributed by atoms with E-state index in [0.29, 0.717) is 5.92 Å². The van der Waals surface area contributed by atoms with Gasteiger partial charge in [-0.25, -0.2) is 0 Å². The van der Waals surface area contributed by atoms with E-state index in [1.54, 1.807) is 0 Å². The molecule has 0 amide bonds. The van der Waals surface area contributed by atoms with Crippen molar-refractivity contribution in [2.24, 2.45) is 0 Å². The Labute approximate surface area is 120 Å². The van der Waals surface area contributed by atoms with Gasteiger partial charge in [0.1, 0.15) is 0 Å². The predicted molar refractivity (Wildman–Crippen MR) is 85.6 cm³/mol. The van der Waals surface area contributed by atoms with Crippen molar-refractivity contribution < 1.29 is 0 Å². The molecule has 4 N–H and O–H groups in total. The van der Waals surface area contributed by atoms with E-state index in [4.69, 9.17) is 11.5 Å². The zero-order valence-corrected chi connectivity index (χ0v) is 11.5. The number of nitrogen functional groups attached to an aromatic ring is 2. The monoisotopic (exact) mass is 264 g/mol. The Morgan fingerprint density at radius 3 is 2.40 bits per heavy atom. The van der Waals surface area contributed by atoms with Gasteiger partial charge in [-0.1, -0.05) is 36.4 Å². The average Bonchev–Trinajstić information content (AvgIpc) is 2.97. The maximum atomic E-state index is 6.13. The van der Waals surface area contributed by atoms with E-state index in [-0.39, 0.29) is 0 Å². The average molecular weight is 264 g/mol. The van der Waals surface area contributed by atoms with Crippen molar-refractivity contribution in [1.82, 2.24) is 0 Å². The van der Waals surface area contributed by atoms with Gasteiger partial charge in [0.05, 0.1) is 0 Å². The molecule has 3 rings (SSSR count). The van der Waals surface area contributed by atoms with Gasteiger partial charge in [-0.2, -0.15) is 0 Å². The molecule has 1 aliphatic rings. The van der Waals surface area contributed by atoms with Gasteiger partial charge in [0, 0.05) is 17.3 Å². The van der Waals surface area contributed by atoms with Crippen LogP contribution in [-0.4, -0.2) is 0 Å². The Balaban J connectivity index is 1.85. The van der Waals surface area contributed by atoms with Crippen molar-refractivity contribution in [1.29, 1.82) is 0 Å². The molecule has 20 heavy (non-hydrogen) atoms. The normalized spacial score (nSPS) is 17.5. The number of anilines is 2. The molecule has 2 aromatic carbocycles. The maximum absolute atomic E-state index is 6.13. The highest BCUT2D eigenvalue weighted by Gasteiger charge is 2.15. The maximum Gasteiger partial charge on any atom is 0.0352 e. The van der Waals surface area contributed by atoms with Crippen LogP contribution in [0.4, 0.5) is 11.4 Å². The Bertz CT molecular complexity index is 626. The number of allylic oxidation sites excluding steroid dienone is 2. The van der Waals surface area contributed by atoms with Crippen LogP contribution < -0.4 is 11.5 Å². The highest BCUT2D eigenvalue weighted by Crippen LogP contribution is 2.33. The minimum atomic E-state index is 0.487. The summed E-state index contributed by atoms with van der Waals surface area (Å²) in [6, 6.07) is 14.5. The molecule has 0 fully saturated rings. The van der Waals surface area contributed by atoms with Crippen LogP contribution in [0.1, 0.15) is 35.4 Å². The summed E-state index contributed by atoms with van der Waals surface area (Å²) < 4.78 is 0. The Morgan fingerprint density at radius 1 is 0.950 bits per heavy atom. The highest BCUT2D eigenvalue weighted by molar-refractivity contribution is 5.53. The molecular formula is C18H20N2. The van der Waals surface area contributed by atoms with E-state index < -0.39 is 0 Å². The van der Waals surface area contributed by atoms with Crippen molar-refractivity contribution in [2.75, 3.05) is 11.5 Å². The molecule has 102 valence electrons. The first-order valence-corrected chi connectivity index (χ1v) is 7.12. The molecule has 0 aromatic heterocycles. The molecule has 0 saturated heterocycles. The van der Waals surface area contributed by atoms with Crippen LogP contribution in [0, 0.1) is 0 Å². The van der Waals surface area contributed by atoms with Crippen molar-refractivity contribution in [3.63, 3.8) is 0 Å². The lowest BCUT2D eigenvalue weighted by atomic mass is 9.93. The summed E-state index contributed by atoms with van der Waals surface area (Å²) >= 11 is 0. The summed E-state index contributed by atoms with van der Waals surface area (Å²) in [6.07, 6.45) is 7.78. The van der Waals surface area contributed by atoms with Gasteiger partial charge < -0.3 is 11.5 Å². The van der Waals surface area contributed by atoms with E-state index in [1.807, 2.05) is 18.2 Å². The van der Waals surface area contributed by atoms with E-state index in [1.165, 1.54) is 23.1 Å². The summed E-state index contributed by atoms with van der Waals surface area (Å²) in [5.41, 5.74) is 17.4. The van der Waals surface area contributed by atoms with Crippen molar-refractivity contribution in [2.45, 2.75) is 25.2 Å². The van der Waals surface area contributed by atoms with Gasteiger partial charge in [-0.3, -0.25) is 0 Å². The lowest BCUT2D eigenvalue weighted by Crippen LogP contribution is -2.00. The fraction of sp³-hybridized carbons (Fsp3) is 0.222. The highest BCUT2D eigenvalue weighted by atomic mass is 14.6. The fourth-order valence-corrected chi connectivity index (χ4v) is 2.82. The zero-order chi connectivity index (χ0) is 13.9. The topological polar surface area (TPSA) is 52.0 Å². The first kappa shape index (κ1) is 12.8. The minimum absolute atomic E-state index is 0.487. The molecule has 2 aromatic rings. The third-order valence-corrected chi connectivity index (χ3v) is 3.95. The fourth-order valence-electron chi connectivity index (χ4n) is 2.82. The van der Waals surface area contributed by atoms with Gasteiger partial charge in [-0.15, -0.1) is 0 Å². The molecule has 1 atom stereocenters. The van der Waals surface area contributed by atoms with Crippen LogP contribution in [-0.2, 0) is 6.42 Å². The Morgan fingerprint density at radius 2 is 1.70 bits per heavy atom. The Hall–Kier alpha value is -2.22. The van der Waals surface area contributed by atoms with Crippen molar-refractivity contribution in [3.05, 3.63) is 71.3 Å². The molecule has 0 aliphatic heterocycles.